The Labute approximate surface area is 94.3 Å². The zero-order valence-electron chi connectivity index (χ0n) is 8.58. The van der Waals surface area contributed by atoms with Crippen LogP contribution in [0.3, 0.4) is 0 Å². The standard InChI is InChI=1S/C11H7N3O3/c12-9(15)10-13-5-7-11(16)17-8-4-2-1-3-6(8)14(7)10/h1-5H,(H2,12,15). The Bertz CT molecular complexity index is 800. The van der Waals surface area contributed by atoms with Crippen molar-refractivity contribution in [3.05, 3.63) is 46.7 Å². The van der Waals surface area contributed by atoms with Crippen LogP contribution in [-0.4, -0.2) is 15.3 Å². The molecule has 0 bridgehead atoms. The first-order valence-corrected chi connectivity index (χ1v) is 4.87. The van der Waals surface area contributed by atoms with E-state index in [0.717, 1.165) is 0 Å². The third-order valence-corrected chi connectivity index (χ3v) is 2.50. The van der Waals surface area contributed by atoms with Gasteiger partial charge in [-0.1, -0.05) is 12.1 Å². The fourth-order valence-electron chi connectivity index (χ4n) is 1.79. The number of para-hydroxylation sites is 2. The third-order valence-electron chi connectivity index (χ3n) is 2.50. The molecule has 0 saturated heterocycles. The maximum absolute atomic E-state index is 11.6. The number of hydrogen-bond acceptors (Lipinski definition) is 4. The number of aromatic nitrogens is 2. The van der Waals surface area contributed by atoms with Crippen molar-refractivity contribution in [3.63, 3.8) is 0 Å². The summed E-state index contributed by atoms with van der Waals surface area (Å²) in [6, 6.07) is 6.87. The lowest BCUT2D eigenvalue weighted by Crippen LogP contribution is -2.16. The van der Waals surface area contributed by atoms with Crippen molar-refractivity contribution in [2.45, 2.75) is 0 Å². The zero-order valence-corrected chi connectivity index (χ0v) is 8.58. The molecule has 0 aliphatic rings. The molecule has 3 rings (SSSR count). The van der Waals surface area contributed by atoms with Crippen LogP contribution < -0.4 is 11.4 Å². The Kier molecular flexibility index (Phi) is 1.79. The van der Waals surface area contributed by atoms with Gasteiger partial charge in [-0.05, 0) is 12.1 Å². The van der Waals surface area contributed by atoms with Crippen molar-refractivity contribution in [2.24, 2.45) is 5.73 Å². The van der Waals surface area contributed by atoms with Crippen molar-refractivity contribution >= 4 is 22.5 Å². The Hall–Kier alpha value is -2.63. The highest BCUT2D eigenvalue weighted by molar-refractivity contribution is 5.92. The molecule has 2 heterocycles. The highest BCUT2D eigenvalue weighted by Crippen LogP contribution is 2.15. The summed E-state index contributed by atoms with van der Waals surface area (Å²) in [5.41, 5.74) is 5.81. The monoisotopic (exact) mass is 229 g/mol. The molecule has 1 amide bonds. The highest BCUT2D eigenvalue weighted by atomic mass is 16.4. The number of rotatable bonds is 1. The number of carbonyl (C=O) groups is 1. The second-order valence-electron chi connectivity index (χ2n) is 3.52. The number of imidazole rings is 1. The lowest BCUT2D eigenvalue weighted by Gasteiger charge is -2.01. The molecular weight excluding hydrogens is 222 g/mol. The van der Waals surface area contributed by atoms with Gasteiger partial charge in [0.2, 0.25) is 5.82 Å². The second-order valence-corrected chi connectivity index (χ2v) is 3.52. The molecule has 17 heavy (non-hydrogen) atoms. The number of fused-ring (bicyclic) bond motifs is 3. The Morgan fingerprint density at radius 1 is 1.29 bits per heavy atom. The number of benzene rings is 1. The van der Waals surface area contributed by atoms with Crippen LogP contribution in [-0.2, 0) is 0 Å². The van der Waals surface area contributed by atoms with E-state index in [4.69, 9.17) is 10.2 Å². The normalized spacial score (nSPS) is 11.1. The molecule has 0 aliphatic heterocycles. The van der Waals surface area contributed by atoms with Crippen LogP contribution in [0, 0.1) is 0 Å². The zero-order chi connectivity index (χ0) is 12.0. The first-order chi connectivity index (χ1) is 8.18. The van der Waals surface area contributed by atoms with Gasteiger partial charge in [-0.25, -0.2) is 9.78 Å². The van der Waals surface area contributed by atoms with Gasteiger partial charge < -0.3 is 10.2 Å². The van der Waals surface area contributed by atoms with E-state index in [1.165, 1.54) is 10.6 Å². The Balaban J connectivity index is 2.65. The van der Waals surface area contributed by atoms with Crippen molar-refractivity contribution in [1.29, 1.82) is 0 Å². The van der Waals surface area contributed by atoms with Crippen LogP contribution in [0.5, 0.6) is 0 Å². The predicted octanol–water partition coefficient (Wildman–Crippen LogP) is 0.540. The molecule has 0 fully saturated rings. The molecule has 0 unspecified atom stereocenters. The first-order valence-electron chi connectivity index (χ1n) is 4.87. The molecule has 0 radical (unpaired) electrons. The fourth-order valence-corrected chi connectivity index (χ4v) is 1.79. The molecule has 1 aromatic carbocycles. The molecule has 3 aromatic rings. The van der Waals surface area contributed by atoms with Gasteiger partial charge >= 0.3 is 5.63 Å². The summed E-state index contributed by atoms with van der Waals surface area (Å²) < 4.78 is 6.51. The maximum Gasteiger partial charge on any atom is 0.362 e. The fraction of sp³-hybridized carbons (Fsp3) is 0. The molecule has 0 aliphatic carbocycles. The van der Waals surface area contributed by atoms with Gasteiger partial charge in [0.25, 0.3) is 5.91 Å². The van der Waals surface area contributed by atoms with Crippen LogP contribution in [0.25, 0.3) is 16.6 Å². The van der Waals surface area contributed by atoms with Crippen molar-refractivity contribution in [1.82, 2.24) is 9.38 Å². The lowest BCUT2D eigenvalue weighted by atomic mass is 10.3. The van der Waals surface area contributed by atoms with Crippen molar-refractivity contribution < 1.29 is 9.21 Å². The largest absolute Gasteiger partial charge is 0.420 e. The Morgan fingerprint density at radius 2 is 2.06 bits per heavy atom. The van der Waals surface area contributed by atoms with Gasteiger partial charge in [-0.2, -0.15) is 0 Å². The topological polar surface area (TPSA) is 90.6 Å². The predicted molar refractivity (Wildman–Crippen MR) is 59.8 cm³/mol. The summed E-state index contributed by atoms with van der Waals surface area (Å²) >= 11 is 0. The second kappa shape index (κ2) is 3.18. The average Bonchev–Trinajstić information content (AvgIpc) is 2.74. The third kappa shape index (κ3) is 1.24. The van der Waals surface area contributed by atoms with E-state index in [9.17, 15) is 9.59 Å². The van der Waals surface area contributed by atoms with Crippen LogP contribution >= 0.6 is 0 Å². The van der Waals surface area contributed by atoms with E-state index in [1.807, 2.05) is 0 Å². The van der Waals surface area contributed by atoms with Gasteiger partial charge in [0, 0.05) is 0 Å². The quantitative estimate of drug-likeness (QED) is 0.659. The smallest absolute Gasteiger partial charge is 0.362 e. The molecule has 0 spiro atoms. The van der Waals surface area contributed by atoms with E-state index in [1.54, 1.807) is 24.3 Å². The molecule has 2 aromatic heterocycles. The minimum atomic E-state index is -0.694. The van der Waals surface area contributed by atoms with E-state index in [-0.39, 0.29) is 11.3 Å². The minimum absolute atomic E-state index is 0.0177. The SMILES string of the molecule is NC(=O)c1ncc2c(=O)oc3ccccc3n12. The first kappa shape index (κ1) is 9.59. The molecule has 0 atom stereocenters. The number of amides is 1. The van der Waals surface area contributed by atoms with E-state index < -0.39 is 11.5 Å². The van der Waals surface area contributed by atoms with Crippen LogP contribution in [0.1, 0.15) is 10.6 Å². The van der Waals surface area contributed by atoms with Gasteiger partial charge in [0.15, 0.2) is 11.1 Å². The summed E-state index contributed by atoms with van der Waals surface area (Å²) in [5, 5.41) is 0. The molecule has 0 saturated carbocycles. The highest BCUT2D eigenvalue weighted by Gasteiger charge is 2.15. The number of nitrogens with zero attached hydrogens (tertiary/aromatic N) is 2. The van der Waals surface area contributed by atoms with Crippen LogP contribution in [0.2, 0.25) is 0 Å². The molecule has 2 N–H and O–H groups in total. The summed E-state index contributed by atoms with van der Waals surface area (Å²) in [6.45, 7) is 0. The summed E-state index contributed by atoms with van der Waals surface area (Å²) in [6.07, 6.45) is 1.28. The molecule has 84 valence electrons. The number of nitrogens with two attached hydrogens (primary N) is 1. The molecule has 6 nitrogen and oxygen atoms in total. The van der Waals surface area contributed by atoms with E-state index >= 15 is 0 Å². The van der Waals surface area contributed by atoms with Crippen molar-refractivity contribution in [3.8, 4) is 0 Å². The molecule has 6 heteroatoms. The summed E-state index contributed by atoms with van der Waals surface area (Å²) in [5.74, 6) is -0.676. The maximum atomic E-state index is 11.6. The lowest BCUT2D eigenvalue weighted by molar-refractivity contribution is 0.0990. The van der Waals surface area contributed by atoms with Crippen LogP contribution in [0.15, 0.2) is 39.7 Å². The molecular formula is C11H7N3O3. The van der Waals surface area contributed by atoms with Crippen LogP contribution in [0.4, 0.5) is 0 Å². The number of carbonyl (C=O) groups excluding carboxylic acids is 1. The van der Waals surface area contributed by atoms with Gasteiger partial charge in [-0.3, -0.25) is 9.20 Å². The summed E-state index contributed by atoms with van der Waals surface area (Å²) in [7, 11) is 0. The van der Waals surface area contributed by atoms with Crippen molar-refractivity contribution in [2.75, 3.05) is 0 Å². The van der Waals surface area contributed by atoms with E-state index in [2.05, 4.69) is 4.98 Å². The van der Waals surface area contributed by atoms with Gasteiger partial charge in [0.1, 0.15) is 0 Å². The minimum Gasteiger partial charge on any atom is -0.420 e. The number of primary amides is 1. The van der Waals surface area contributed by atoms with Gasteiger partial charge in [-0.15, -0.1) is 0 Å². The Morgan fingerprint density at radius 3 is 2.82 bits per heavy atom. The average molecular weight is 229 g/mol. The summed E-state index contributed by atoms with van der Waals surface area (Å²) in [4.78, 5) is 26.7. The number of hydrogen-bond donors (Lipinski definition) is 1. The van der Waals surface area contributed by atoms with E-state index in [0.29, 0.717) is 11.1 Å². The van der Waals surface area contributed by atoms with Gasteiger partial charge in [0.05, 0.1) is 11.7 Å².